The highest BCUT2D eigenvalue weighted by molar-refractivity contribution is 5.92. The topological polar surface area (TPSA) is 66.8 Å². The summed E-state index contributed by atoms with van der Waals surface area (Å²) in [5.74, 6) is -0.104. The summed E-state index contributed by atoms with van der Waals surface area (Å²) < 4.78 is 7.18. The molecular weight excluding hydrogens is 380 g/mol. The summed E-state index contributed by atoms with van der Waals surface area (Å²) in [7, 11) is 3.57. The van der Waals surface area contributed by atoms with Crippen LogP contribution in [0, 0.1) is 6.92 Å². The molecule has 3 amide bonds. The van der Waals surface area contributed by atoms with Gasteiger partial charge in [-0.2, -0.15) is 0 Å². The average molecular weight is 415 g/mol. The van der Waals surface area contributed by atoms with Gasteiger partial charge in [-0.3, -0.25) is 4.79 Å². The van der Waals surface area contributed by atoms with Gasteiger partial charge in [0.15, 0.2) is 0 Å². The number of carbonyl (C=O) groups excluding carboxylic acids is 2. The molecule has 1 atom stereocenters. The van der Waals surface area contributed by atoms with Crippen molar-refractivity contribution in [1.82, 2.24) is 14.4 Å². The number of ether oxygens (including phenoxy) is 1. The van der Waals surface area contributed by atoms with Gasteiger partial charge in [-0.1, -0.05) is 24.6 Å². The number of carbonyl (C=O) groups is 2. The largest absolute Gasteiger partial charge is 0.383 e. The minimum atomic E-state index is -0.271. The van der Waals surface area contributed by atoms with Gasteiger partial charge in [0, 0.05) is 44.3 Å². The molecule has 1 N–H and O–H groups in total. The molecule has 0 radical (unpaired) electrons. The fraction of sp³-hybridized carbons (Fsp3) is 0.478. The standard InChI is InChI=1S/C23H34N4O3/c1-6-19(3)27(23(29)24-20-11-9-18(2)10-12-20)17-22(28)26(14-15-30-5)16-21-8-7-13-25(21)4/h7-13,19H,6,14-17H2,1-5H3,(H,24,29). The Morgan fingerprint density at radius 1 is 1.20 bits per heavy atom. The number of aromatic nitrogens is 1. The molecule has 30 heavy (non-hydrogen) atoms. The summed E-state index contributed by atoms with van der Waals surface area (Å²) in [6.07, 6.45) is 2.71. The van der Waals surface area contributed by atoms with Gasteiger partial charge >= 0.3 is 6.03 Å². The number of nitrogens with zero attached hydrogens (tertiary/aromatic N) is 3. The van der Waals surface area contributed by atoms with Gasteiger partial charge in [-0.25, -0.2) is 4.79 Å². The number of anilines is 1. The molecule has 0 fully saturated rings. The number of methoxy groups -OCH3 is 1. The number of urea groups is 1. The molecule has 164 valence electrons. The van der Waals surface area contributed by atoms with E-state index in [-0.39, 0.29) is 24.5 Å². The minimum absolute atomic E-state index is 0.0147. The number of amides is 3. The molecule has 0 aliphatic rings. The first-order chi connectivity index (χ1) is 14.3. The Labute approximate surface area is 179 Å². The van der Waals surface area contributed by atoms with E-state index in [1.54, 1.807) is 16.9 Å². The van der Waals surface area contributed by atoms with Crippen LogP contribution in [0.3, 0.4) is 0 Å². The molecule has 2 aromatic rings. The molecule has 0 aliphatic heterocycles. The first-order valence-electron chi connectivity index (χ1n) is 10.4. The first-order valence-corrected chi connectivity index (χ1v) is 10.4. The molecular formula is C23H34N4O3. The first kappa shape index (κ1) is 23.5. The molecule has 0 spiro atoms. The summed E-state index contributed by atoms with van der Waals surface area (Å²) in [6.45, 7) is 7.35. The van der Waals surface area contributed by atoms with Crippen LogP contribution < -0.4 is 5.32 Å². The van der Waals surface area contributed by atoms with E-state index >= 15 is 0 Å². The lowest BCUT2D eigenvalue weighted by molar-refractivity contribution is -0.133. The zero-order valence-corrected chi connectivity index (χ0v) is 18.7. The van der Waals surface area contributed by atoms with E-state index in [0.717, 1.165) is 17.7 Å². The quantitative estimate of drug-likeness (QED) is 0.645. The van der Waals surface area contributed by atoms with Crippen LogP contribution in [0.1, 0.15) is 31.5 Å². The van der Waals surface area contributed by atoms with E-state index in [1.807, 2.05) is 75.0 Å². The highest BCUT2D eigenvalue weighted by Crippen LogP contribution is 2.13. The average Bonchev–Trinajstić information content (AvgIpc) is 3.14. The Morgan fingerprint density at radius 3 is 2.47 bits per heavy atom. The molecule has 0 saturated carbocycles. The maximum absolute atomic E-state index is 13.2. The van der Waals surface area contributed by atoms with Crippen molar-refractivity contribution >= 4 is 17.6 Å². The lowest BCUT2D eigenvalue weighted by atomic mass is 10.2. The number of aryl methyl sites for hydroxylation is 2. The zero-order valence-electron chi connectivity index (χ0n) is 18.7. The van der Waals surface area contributed by atoms with Crippen molar-refractivity contribution < 1.29 is 14.3 Å². The third kappa shape index (κ3) is 6.62. The Bertz CT molecular complexity index is 816. The van der Waals surface area contributed by atoms with E-state index in [4.69, 9.17) is 4.74 Å². The van der Waals surface area contributed by atoms with Gasteiger partial charge in [-0.15, -0.1) is 0 Å². The highest BCUT2D eigenvalue weighted by Gasteiger charge is 2.25. The fourth-order valence-electron chi connectivity index (χ4n) is 3.08. The molecule has 0 saturated heterocycles. The van der Waals surface area contributed by atoms with Crippen LogP contribution >= 0.6 is 0 Å². The van der Waals surface area contributed by atoms with Crippen LogP contribution in [0.15, 0.2) is 42.6 Å². The molecule has 2 rings (SSSR count). The summed E-state index contributed by atoms with van der Waals surface area (Å²) in [4.78, 5) is 29.5. The van der Waals surface area contributed by atoms with Crippen LogP contribution in [0.5, 0.6) is 0 Å². The van der Waals surface area contributed by atoms with Crippen molar-refractivity contribution in [2.45, 2.75) is 39.8 Å². The second kappa shape index (κ2) is 11.4. The van der Waals surface area contributed by atoms with E-state index in [0.29, 0.717) is 25.4 Å². The normalized spacial score (nSPS) is 11.8. The Balaban J connectivity index is 2.12. The molecule has 0 aliphatic carbocycles. The van der Waals surface area contributed by atoms with E-state index in [2.05, 4.69) is 5.32 Å². The fourth-order valence-corrected chi connectivity index (χ4v) is 3.08. The van der Waals surface area contributed by atoms with Gasteiger partial charge < -0.3 is 24.4 Å². The van der Waals surface area contributed by atoms with Gasteiger partial charge in [0.1, 0.15) is 6.54 Å². The minimum Gasteiger partial charge on any atom is -0.383 e. The van der Waals surface area contributed by atoms with Crippen molar-refractivity contribution in [2.75, 3.05) is 32.1 Å². The molecule has 7 nitrogen and oxygen atoms in total. The summed E-state index contributed by atoms with van der Waals surface area (Å²) in [5, 5.41) is 2.91. The van der Waals surface area contributed by atoms with E-state index in [9.17, 15) is 9.59 Å². The van der Waals surface area contributed by atoms with Crippen molar-refractivity contribution in [3.63, 3.8) is 0 Å². The molecule has 1 aromatic carbocycles. The SMILES string of the molecule is CCC(C)N(CC(=O)N(CCOC)Cc1cccn1C)C(=O)Nc1ccc(C)cc1. The van der Waals surface area contributed by atoms with Gasteiger partial charge in [0.25, 0.3) is 0 Å². The molecule has 1 heterocycles. The number of benzene rings is 1. The van der Waals surface area contributed by atoms with Crippen molar-refractivity contribution in [3.8, 4) is 0 Å². The van der Waals surface area contributed by atoms with E-state index in [1.165, 1.54) is 0 Å². The van der Waals surface area contributed by atoms with Crippen LogP contribution in [0.25, 0.3) is 0 Å². The van der Waals surface area contributed by atoms with Crippen LogP contribution in [-0.4, -0.2) is 59.2 Å². The number of hydrogen-bond donors (Lipinski definition) is 1. The highest BCUT2D eigenvalue weighted by atomic mass is 16.5. The molecule has 0 bridgehead atoms. The van der Waals surface area contributed by atoms with Crippen molar-refractivity contribution in [2.24, 2.45) is 7.05 Å². The lowest BCUT2D eigenvalue weighted by Crippen LogP contribution is -2.48. The summed E-state index contributed by atoms with van der Waals surface area (Å²) in [5.41, 5.74) is 2.86. The van der Waals surface area contributed by atoms with Crippen molar-refractivity contribution in [1.29, 1.82) is 0 Å². The van der Waals surface area contributed by atoms with Crippen LogP contribution in [0.2, 0.25) is 0 Å². The molecule has 1 unspecified atom stereocenters. The zero-order chi connectivity index (χ0) is 22.1. The van der Waals surface area contributed by atoms with Crippen LogP contribution in [-0.2, 0) is 23.1 Å². The predicted molar refractivity (Wildman–Crippen MR) is 119 cm³/mol. The Kier molecular flexibility index (Phi) is 8.92. The van der Waals surface area contributed by atoms with E-state index < -0.39 is 0 Å². The number of rotatable bonds is 10. The maximum Gasteiger partial charge on any atom is 0.322 e. The second-order valence-electron chi connectivity index (χ2n) is 7.60. The maximum atomic E-state index is 13.2. The van der Waals surface area contributed by atoms with Crippen molar-refractivity contribution in [3.05, 3.63) is 53.9 Å². The number of hydrogen-bond acceptors (Lipinski definition) is 3. The smallest absolute Gasteiger partial charge is 0.322 e. The molecule has 1 aromatic heterocycles. The molecule has 7 heteroatoms. The summed E-state index contributed by atoms with van der Waals surface area (Å²) in [6, 6.07) is 11.2. The van der Waals surface area contributed by atoms with Gasteiger partial charge in [-0.05, 0) is 44.5 Å². The second-order valence-corrected chi connectivity index (χ2v) is 7.60. The van der Waals surface area contributed by atoms with Gasteiger partial charge in [0.2, 0.25) is 5.91 Å². The number of nitrogens with one attached hydrogen (secondary N) is 1. The summed E-state index contributed by atoms with van der Waals surface area (Å²) >= 11 is 0. The monoisotopic (exact) mass is 414 g/mol. The third-order valence-electron chi connectivity index (χ3n) is 5.31. The van der Waals surface area contributed by atoms with Gasteiger partial charge in [0.05, 0.1) is 13.2 Å². The van der Waals surface area contributed by atoms with Crippen LogP contribution in [0.4, 0.5) is 10.5 Å². The lowest BCUT2D eigenvalue weighted by Gasteiger charge is -2.31. The third-order valence-corrected chi connectivity index (χ3v) is 5.31. The predicted octanol–water partition coefficient (Wildman–Crippen LogP) is 3.64. The Hall–Kier alpha value is -2.80. The Morgan fingerprint density at radius 2 is 1.90 bits per heavy atom.